The van der Waals surface area contributed by atoms with E-state index in [1.165, 1.54) is 19.2 Å². The normalized spacial score (nSPS) is 10.7. The Balaban J connectivity index is 2.96. The summed E-state index contributed by atoms with van der Waals surface area (Å²) in [5.74, 6) is 0. The number of benzene rings is 1. The number of hydrogen-bond donors (Lipinski definition) is 0. The summed E-state index contributed by atoms with van der Waals surface area (Å²) in [5, 5.41) is 3.55. The van der Waals surface area contributed by atoms with Crippen LogP contribution in [0.5, 0.6) is 0 Å². The Morgan fingerprint density at radius 3 is 2.82 bits per heavy atom. The third-order valence-corrected chi connectivity index (χ3v) is 3.75. The van der Waals surface area contributed by atoms with Crippen LogP contribution >= 0.6 is 33.9 Å². The molecule has 1 heterocycles. The fourth-order valence-electron chi connectivity index (χ4n) is 1.17. The van der Waals surface area contributed by atoms with E-state index in [0.29, 0.717) is 0 Å². The zero-order chi connectivity index (χ0) is 7.84. The highest BCUT2D eigenvalue weighted by atomic mass is 127. The molecule has 2 aromatic rings. The summed E-state index contributed by atoms with van der Waals surface area (Å²) in [6, 6.07) is 6.54. The first-order valence-electron chi connectivity index (χ1n) is 3.41. The van der Waals surface area contributed by atoms with Crippen molar-refractivity contribution in [1.29, 1.82) is 0 Å². The van der Waals surface area contributed by atoms with Crippen molar-refractivity contribution < 1.29 is 0 Å². The van der Waals surface area contributed by atoms with E-state index in [4.69, 9.17) is 0 Å². The van der Waals surface area contributed by atoms with Crippen LogP contribution in [0.25, 0.3) is 10.1 Å². The molecule has 11 heavy (non-hydrogen) atoms. The summed E-state index contributed by atoms with van der Waals surface area (Å²) >= 11 is 4.20. The molecule has 0 amide bonds. The molecule has 0 aliphatic rings. The van der Waals surface area contributed by atoms with Crippen molar-refractivity contribution >= 4 is 44.0 Å². The van der Waals surface area contributed by atoms with Gasteiger partial charge in [-0.3, -0.25) is 0 Å². The minimum atomic E-state index is 1.35. The van der Waals surface area contributed by atoms with Gasteiger partial charge in [0.15, 0.2) is 0 Å². The first kappa shape index (κ1) is 7.55. The van der Waals surface area contributed by atoms with Gasteiger partial charge in [-0.25, -0.2) is 0 Å². The van der Waals surface area contributed by atoms with Crippen molar-refractivity contribution in [3.63, 3.8) is 0 Å². The van der Waals surface area contributed by atoms with Gasteiger partial charge >= 0.3 is 0 Å². The number of hydrogen-bond acceptors (Lipinski definition) is 1. The standard InChI is InChI=1S/C9H7IS/c1-6-2-3-8(10)7-4-5-11-9(6)7/h2-5H,1H3. The monoisotopic (exact) mass is 274 g/mol. The molecule has 0 saturated heterocycles. The average Bonchev–Trinajstić information content (AvgIpc) is 2.45. The number of rotatable bonds is 0. The highest BCUT2D eigenvalue weighted by molar-refractivity contribution is 14.1. The first-order valence-corrected chi connectivity index (χ1v) is 5.37. The summed E-state index contributed by atoms with van der Waals surface area (Å²) in [5.41, 5.74) is 1.38. The summed E-state index contributed by atoms with van der Waals surface area (Å²) in [6.07, 6.45) is 0. The maximum atomic E-state index is 2.38. The lowest BCUT2D eigenvalue weighted by atomic mass is 10.2. The van der Waals surface area contributed by atoms with E-state index in [1.807, 2.05) is 11.3 Å². The van der Waals surface area contributed by atoms with Crippen molar-refractivity contribution in [2.75, 3.05) is 0 Å². The minimum absolute atomic E-state index is 1.35. The summed E-state index contributed by atoms with van der Waals surface area (Å²) in [6.45, 7) is 2.16. The van der Waals surface area contributed by atoms with E-state index in [2.05, 4.69) is 53.1 Å². The van der Waals surface area contributed by atoms with Gasteiger partial charge in [-0.1, -0.05) is 6.07 Å². The van der Waals surface area contributed by atoms with E-state index >= 15 is 0 Å². The Kier molecular flexibility index (Phi) is 1.89. The molecule has 56 valence electrons. The molecule has 1 aromatic heterocycles. The Hall–Kier alpha value is -0.0900. The summed E-state index contributed by atoms with van der Waals surface area (Å²) < 4.78 is 2.78. The summed E-state index contributed by atoms with van der Waals surface area (Å²) in [4.78, 5) is 0. The predicted molar refractivity (Wildman–Crippen MR) is 59.3 cm³/mol. The Morgan fingerprint density at radius 1 is 1.27 bits per heavy atom. The lowest BCUT2D eigenvalue weighted by molar-refractivity contribution is 1.55. The third kappa shape index (κ3) is 1.18. The quantitative estimate of drug-likeness (QED) is 0.641. The van der Waals surface area contributed by atoms with Crippen LogP contribution in [0.2, 0.25) is 0 Å². The molecular formula is C9H7IS. The molecule has 2 heteroatoms. The molecule has 0 unspecified atom stereocenters. The average molecular weight is 274 g/mol. The van der Waals surface area contributed by atoms with Gasteiger partial charge in [0.1, 0.15) is 0 Å². The lowest BCUT2D eigenvalue weighted by Crippen LogP contribution is -1.74. The second-order valence-corrected chi connectivity index (χ2v) is 4.61. The highest BCUT2D eigenvalue weighted by Crippen LogP contribution is 2.28. The molecule has 0 atom stereocenters. The minimum Gasteiger partial charge on any atom is -0.144 e. The number of thiophene rings is 1. The van der Waals surface area contributed by atoms with Gasteiger partial charge in [0, 0.05) is 13.7 Å². The van der Waals surface area contributed by atoms with Crippen molar-refractivity contribution in [2.45, 2.75) is 6.92 Å². The molecule has 0 spiro atoms. The van der Waals surface area contributed by atoms with Gasteiger partial charge < -0.3 is 0 Å². The third-order valence-electron chi connectivity index (χ3n) is 1.76. The van der Waals surface area contributed by atoms with Crippen molar-refractivity contribution in [2.24, 2.45) is 0 Å². The van der Waals surface area contributed by atoms with Gasteiger partial charge in [-0.15, -0.1) is 11.3 Å². The van der Waals surface area contributed by atoms with Crippen LogP contribution < -0.4 is 0 Å². The highest BCUT2D eigenvalue weighted by Gasteiger charge is 2.00. The van der Waals surface area contributed by atoms with Crippen LogP contribution in [0.3, 0.4) is 0 Å². The van der Waals surface area contributed by atoms with E-state index in [0.717, 1.165) is 0 Å². The van der Waals surface area contributed by atoms with E-state index in [-0.39, 0.29) is 0 Å². The molecule has 0 saturated carbocycles. The maximum absolute atomic E-state index is 2.38. The fourth-order valence-corrected chi connectivity index (χ4v) is 2.88. The zero-order valence-electron chi connectivity index (χ0n) is 6.10. The number of fused-ring (bicyclic) bond motifs is 1. The fraction of sp³-hybridized carbons (Fsp3) is 0.111. The predicted octanol–water partition coefficient (Wildman–Crippen LogP) is 3.81. The second kappa shape index (κ2) is 2.75. The molecule has 0 radical (unpaired) electrons. The van der Waals surface area contributed by atoms with Crippen LogP contribution in [0.15, 0.2) is 23.6 Å². The number of aryl methyl sites for hydroxylation is 1. The lowest BCUT2D eigenvalue weighted by Gasteiger charge is -1.96. The second-order valence-electron chi connectivity index (χ2n) is 2.53. The SMILES string of the molecule is Cc1ccc(I)c2ccsc12. The topological polar surface area (TPSA) is 0 Å². The van der Waals surface area contributed by atoms with Crippen LogP contribution in [-0.2, 0) is 0 Å². The Bertz CT molecular complexity index is 353. The largest absolute Gasteiger partial charge is 0.144 e. The first-order chi connectivity index (χ1) is 5.29. The van der Waals surface area contributed by atoms with Crippen LogP contribution in [0.1, 0.15) is 5.56 Å². The molecule has 0 bridgehead atoms. The molecule has 0 fully saturated rings. The molecule has 0 aliphatic carbocycles. The van der Waals surface area contributed by atoms with Gasteiger partial charge in [-0.05, 0) is 52.6 Å². The Morgan fingerprint density at radius 2 is 2.09 bits per heavy atom. The van der Waals surface area contributed by atoms with Crippen LogP contribution in [0.4, 0.5) is 0 Å². The summed E-state index contributed by atoms with van der Waals surface area (Å²) in [7, 11) is 0. The Labute approximate surface area is 83.4 Å². The van der Waals surface area contributed by atoms with E-state index < -0.39 is 0 Å². The maximum Gasteiger partial charge on any atom is 0.0382 e. The molecule has 2 rings (SSSR count). The zero-order valence-corrected chi connectivity index (χ0v) is 9.07. The van der Waals surface area contributed by atoms with E-state index in [1.54, 1.807) is 0 Å². The molecule has 0 nitrogen and oxygen atoms in total. The molecule has 0 aliphatic heterocycles. The van der Waals surface area contributed by atoms with Gasteiger partial charge in [-0.2, -0.15) is 0 Å². The van der Waals surface area contributed by atoms with Crippen LogP contribution in [0, 0.1) is 10.5 Å². The van der Waals surface area contributed by atoms with Gasteiger partial charge in [0.2, 0.25) is 0 Å². The van der Waals surface area contributed by atoms with Crippen molar-refractivity contribution in [1.82, 2.24) is 0 Å². The van der Waals surface area contributed by atoms with Gasteiger partial charge in [0.05, 0.1) is 0 Å². The smallest absolute Gasteiger partial charge is 0.0382 e. The van der Waals surface area contributed by atoms with Crippen LogP contribution in [-0.4, -0.2) is 0 Å². The van der Waals surface area contributed by atoms with Crippen molar-refractivity contribution in [3.05, 3.63) is 32.7 Å². The number of halogens is 1. The van der Waals surface area contributed by atoms with Crippen molar-refractivity contribution in [3.8, 4) is 0 Å². The molecule has 0 N–H and O–H groups in total. The van der Waals surface area contributed by atoms with Gasteiger partial charge in [0.25, 0.3) is 0 Å². The molecular weight excluding hydrogens is 267 g/mol. The van der Waals surface area contributed by atoms with E-state index in [9.17, 15) is 0 Å². The molecule has 1 aromatic carbocycles.